The maximum absolute atomic E-state index is 11.6. The van der Waals surface area contributed by atoms with Crippen LogP contribution in [0.2, 0.25) is 0 Å². The van der Waals surface area contributed by atoms with Gasteiger partial charge in [0.15, 0.2) is 0 Å². The van der Waals surface area contributed by atoms with E-state index in [2.05, 4.69) is 13.8 Å². The summed E-state index contributed by atoms with van der Waals surface area (Å²) in [4.78, 5) is 0. The second-order valence-electron chi connectivity index (χ2n) is 4.86. The Balaban J connectivity index is 4.12. The summed E-state index contributed by atoms with van der Waals surface area (Å²) < 4.78 is 21.5. The van der Waals surface area contributed by atoms with Crippen molar-refractivity contribution in [2.24, 2.45) is 5.92 Å². The zero-order chi connectivity index (χ0) is 14.0. The molecule has 0 rings (SSSR count). The van der Waals surface area contributed by atoms with Gasteiger partial charge in [-0.3, -0.25) is 4.57 Å². The minimum Gasteiger partial charge on any atom is -0.390 e. The van der Waals surface area contributed by atoms with Crippen LogP contribution < -0.4 is 0 Å². The first-order chi connectivity index (χ1) is 8.46. The van der Waals surface area contributed by atoms with Gasteiger partial charge in [0.1, 0.15) is 0 Å². The van der Waals surface area contributed by atoms with Gasteiger partial charge >= 0.3 is 7.60 Å². The van der Waals surface area contributed by atoms with E-state index in [1.165, 1.54) is 26.6 Å². The Hall–Kier alpha value is 0.110. The molecular formula is C13H29O4P. The Morgan fingerprint density at radius 1 is 1.17 bits per heavy atom. The summed E-state index contributed by atoms with van der Waals surface area (Å²) in [6.45, 7) is 5.80. The van der Waals surface area contributed by atoms with Crippen LogP contribution in [0, 0.1) is 5.92 Å². The minimum atomic E-state index is -2.98. The van der Waals surface area contributed by atoms with Crippen molar-refractivity contribution in [1.82, 2.24) is 0 Å². The zero-order valence-corrected chi connectivity index (χ0v) is 13.1. The van der Waals surface area contributed by atoms with E-state index in [-0.39, 0.29) is 12.5 Å². The fraction of sp³-hybridized carbons (Fsp3) is 1.00. The summed E-state index contributed by atoms with van der Waals surface area (Å²) in [5.41, 5.74) is 0. The van der Waals surface area contributed by atoms with Crippen LogP contribution in [0.5, 0.6) is 0 Å². The third-order valence-electron chi connectivity index (χ3n) is 3.19. The van der Waals surface area contributed by atoms with Gasteiger partial charge in [-0.05, 0) is 18.8 Å². The Morgan fingerprint density at radius 2 is 1.83 bits per heavy atom. The van der Waals surface area contributed by atoms with Crippen molar-refractivity contribution in [2.45, 2.75) is 58.5 Å². The Morgan fingerprint density at radius 3 is 2.33 bits per heavy atom. The number of hydrogen-bond donors (Lipinski definition) is 1. The van der Waals surface area contributed by atoms with Gasteiger partial charge in [-0.25, -0.2) is 0 Å². The van der Waals surface area contributed by atoms with Gasteiger partial charge in [0.2, 0.25) is 0 Å². The lowest BCUT2D eigenvalue weighted by Gasteiger charge is -2.23. The highest BCUT2D eigenvalue weighted by atomic mass is 31.2. The molecule has 0 amide bonds. The van der Waals surface area contributed by atoms with Gasteiger partial charge < -0.3 is 14.2 Å². The molecule has 0 aromatic heterocycles. The predicted molar refractivity (Wildman–Crippen MR) is 75.0 cm³/mol. The number of aliphatic hydroxyl groups excluding tert-OH is 1. The van der Waals surface area contributed by atoms with E-state index in [0.29, 0.717) is 0 Å². The van der Waals surface area contributed by atoms with Crippen LogP contribution in [0.1, 0.15) is 52.4 Å². The summed E-state index contributed by atoms with van der Waals surface area (Å²) in [5, 5.41) is 10.1. The molecule has 0 bridgehead atoms. The molecule has 4 nitrogen and oxygen atoms in total. The smallest absolute Gasteiger partial charge is 0.327 e. The quantitative estimate of drug-likeness (QED) is 0.461. The number of rotatable bonds is 11. The first-order valence-electron chi connectivity index (χ1n) is 6.92. The molecule has 3 atom stereocenters. The molecule has 0 radical (unpaired) electrons. The van der Waals surface area contributed by atoms with Crippen LogP contribution in [0.25, 0.3) is 0 Å². The molecule has 5 heteroatoms. The standard InChI is InChI=1S/C13H29O4P/c1-5-7-8-10-12(9-6-2)13(14)11-17-18(4,15)16-3/h12-14H,5-11H2,1-4H3. The maximum atomic E-state index is 11.6. The molecule has 0 aromatic carbocycles. The third kappa shape index (κ3) is 8.25. The fourth-order valence-electron chi connectivity index (χ4n) is 1.96. The average Bonchev–Trinajstić information content (AvgIpc) is 2.35. The highest BCUT2D eigenvalue weighted by molar-refractivity contribution is 7.52. The van der Waals surface area contributed by atoms with E-state index in [0.717, 1.165) is 25.7 Å². The van der Waals surface area contributed by atoms with E-state index < -0.39 is 13.7 Å². The molecule has 0 aliphatic heterocycles. The molecule has 3 unspecified atom stereocenters. The molecular weight excluding hydrogens is 251 g/mol. The van der Waals surface area contributed by atoms with Crippen molar-refractivity contribution in [3.05, 3.63) is 0 Å². The van der Waals surface area contributed by atoms with Crippen LogP contribution in [0.3, 0.4) is 0 Å². The molecule has 0 spiro atoms. The topological polar surface area (TPSA) is 55.8 Å². The van der Waals surface area contributed by atoms with E-state index in [1.54, 1.807) is 0 Å². The van der Waals surface area contributed by atoms with Gasteiger partial charge in [0.25, 0.3) is 0 Å². The molecule has 0 aliphatic rings. The van der Waals surface area contributed by atoms with Crippen LogP contribution in [0.4, 0.5) is 0 Å². The number of hydrogen-bond acceptors (Lipinski definition) is 4. The van der Waals surface area contributed by atoms with Crippen molar-refractivity contribution in [3.8, 4) is 0 Å². The van der Waals surface area contributed by atoms with Crippen molar-refractivity contribution in [2.75, 3.05) is 20.4 Å². The van der Waals surface area contributed by atoms with Crippen molar-refractivity contribution < 1.29 is 18.7 Å². The Kier molecular flexibility index (Phi) is 10.0. The number of unbranched alkanes of at least 4 members (excludes halogenated alkanes) is 2. The summed E-state index contributed by atoms with van der Waals surface area (Å²) >= 11 is 0. The Bertz CT molecular complexity index is 245. The van der Waals surface area contributed by atoms with Crippen LogP contribution in [-0.4, -0.2) is 31.6 Å². The van der Waals surface area contributed by atoms with Crippen LogP contribution in [0.15, 0.2) is 0 Å². The summed E-state index contributed by atoms with van der Waals surface area (Å²) in [6, 6.07) is 0. The molecule has 0 fully saturated rings. The first kappa shape index (κ1) is 18.1. The molecule has 0 heterocycles. The van der Waals surface area contributed by atoms with E-state index in [4.69, 9.17) is 9.05 Å². The molecule has 1 N–H and O–H groups in total. The minimum absolute atomic E-state index is 0.0956. The predicted octanol–water partition coefficient (Wildman–Crippen LogP) is 3.83. The van der Waals surface area contributed by atoms with Crippen molar-refractivity contribution >= 4 is 7.60 Å². The molecule has 110 valence electrons. The Labute approximate surface area is 112 Å². The lowest BCUT2D eigenvalue weighted by Crippen LogP contribution is -2.25. The van der Waals surface area contributed by atoms with Crippen molar-refractivity contribution in [3.63, 3.8) is 0 Å². The SMILES string of the molecule is CCCCCC(CCC)C(O)COP(C)(=O)OC. The van der Waals surface area contributed by atoms with Gasteiger partial charge in [-0.15, -0.1) is 0 Å². The average molecular weight is 280 g/mol. The lowest BCUT2D eigenvalue weighted by molar-refractivity contribution is 0.0431. The van der Waals surface area contributed by atoms with E-state index in [9.17, 15) is 9.67 Å². The van der Waals surface area contributed by atoms with Gasteiger partial charge in [0, 0.05) is 13.8 Å². The maximum Gasteiger partial charge on any atom is 0.327 e. The molecule has 18 heavy (non-hydrogen) atoms. The summed E-state index contributed by atoms with van der Waals surface area (Å²) in [7, 11) is -1.62. The third-order valence-corrected chi connectivity index (χ3v) is 4.47. The first-order valence-corrected chi connectivity index (χ1v) is 8.91. The van der Waals surface area contributed by atoms with Gasteiger partial charge in [-0.1, -0.05) is 39.5 Å². The number of aliphatic hydroxyl groups is 1. The highest BCUT2D eigenvalue weighted by Crippen LogP contribution is 2.43. The molecule has 0 aliphatic carbocycles. The van der Waals surface area contributed by atoms with E-state index >= 15 is 0 Å². The summed E-state index contributed by atoms with van der Waals surface area (Å²) in [5.74, 6) is 0.235. The van der Waals surface area contributed by atoms with E-state index in [1.807, 2.05) is 0 Å². The molecule has 0 saturated heterocycles. The largest absolute Gasteiger partial charge is 0.390 e. The normalized spacial score (nSPS) is 18.3. The monoisotopic (exact) mass is 280 g/mol. The van der Waals surface area contributed by atoms with Crippen LogP contribution >= 0.6 is 7.60 Å². The molecule has 0 aromatic rings. The fourth-order valence-corrected chi connectivity index (χ4v) is 2.49. The summed E-state index contributed by atoms with van der Waals surface area (Å²) in [6.07, 6.45) is 5.99. The van der Waals surface area contributed by atoms with Crippen molar-refractivity contribution in [1.29, 1.82) is 0 Å². The lowest BCUT2D eigenvalue weighted by atomic mass is 9.91. The second-order valence-corrected chi connectivity index (χ2v) is 7.03. The second kappa shape index (κ2) is 9.96. The highest BCUT2D eigenvalue weighted by Gasteiger charge is 2.22. The van der Waals surface area contributed by atoms with Crippen LogP contribution in [-0.2, 0) is 13.6 Å². The molecule has 0 saturated carbocycles. The zero-order valence-electron chi connectivity index (χ0n) is 12.2. The van der Waals surface area contributed by atoms with Gasteiger partial charge in [-0.2, -0.15) is 0 Å². The van der Waals surface area contributed by atoms with Gasteiger partial charge in [0.05, 0.1) is 12.7 Å².